The van der Waals surface area contributed by atoms with E-state index >= 15 is 0 Å². The summed E-state index contributed by atoms with van der Waals surface area (Å²) >= 11 is 2.18. The number of carbonyl (C=O) groups excluding carboxylic acids is 1. The van der Waals surface area contributed by atoms with Gasteiger partial charge in [0.05, 0.1) is 24.9 Å². The number of amides is 1. The first-order valence-corrected chi connectivity index (χ1v) is 5.86. The first kappa shape index (κ1) is 11.4. The second kappa shape index (κ2) is 4.40. The van der Waals surface area contributed by atoms with E-state index in [1.54, 1.807) is 19.1 Å². The average Bonchev–Trinajstić information content (AvgIpc) is 2.39. The summed E-state index contributed by atoms with van der Waals surface area (Å²) in [5.74, 6) is 0.528. The number of halogens is 1. The topological polar surface area (TPSA) is 41.9 Å². The van der Waals surface area contributed by atoms with Crippen LogP contribution < -0.4 is 0 Å². The van der Waals surface area contributed by atoms with Crippen LogP contribution >= 0.6 is 22.6 Å². The number of methoxy groups -OCH3 is 1. The van der Waals surface area contributed by atoms with Gasteiger partial charge >= 0.3 is 0 Å². The van der Waals surface area contributed by atoms with Crippen molar-refractivity contribution in [3.05, 3.63) is 27.3 Å². The molecule has 0 spiro atoms. The summed E-state index contributed by atoms with van der Waals surface area (Å²) in [6.45, 7) is 0.403. The Kier molecular flexibility index (Phi) is 3.13. The van der Waals surface area contributed by atoms with E-state index in [1.807, 2.05) is 18.2 Å². The fourth-order valence-electron chi connectivity index (χ4n) is 1.54. The van der Waals surface area contributed by atoms with Crippen molar-refractivity contribution < 1.29 is 9.53 Å². The smallest absolute Gasteiger partial charge is 0.256 e. The number of carbonyl (C=O) groups is 1. The molecule has 0 aliphatic carbocycles. The molecule has 5 heteroatoms. The molecule has 0 radical (unpaired) electrons. The quantitative estimate of drug-likeness (QED) is 0.684. The lowest BCUT2D eigenvalue weighted by atomic mass is 10.1. The summed E-state index contributed by atoms with van der Waals surface area (Å²) in [5.41, 5.74) is 1.30. The van der Waals surface area contributed by atoms with E-state index in [4.69, 9.17) is 4.74 Å². The van der Waals surface area contributed by atoms with Gasteiger partial charge in [-0.2, -0.15) is 0 Å². The van der Waals surface area contributed by atoms with Crippen LogP contribution in [-0.4, -0.2) is 37.4 Å². The highest BCUT2D eigenvalue weighted by molar-refractivity contribution is 14.1. The Balaban J connectivity index is 2.57. The molecule has 0 aromatic heterocycles. The standard InChI is InChI=1S/C11H11IN2O2/c1-14-6-10(16-2)13-9-4-3-7(12)5-8(9)11(14)15/h3-5H,6H2,1-2H3. The number of rotatable bonds is 0. The fourth-order valence-corrected chi connectivity index (χ4v) is 2.03. The van der Waals surface area contributed by atoms with Gasteiger partial charge in [0, 0.05) is 10.6 Å². The number of hydrogen-bond acceptors (Lipinski definition) is 3. The molecule has 1 aliphatic rings. The van der Waals surface area contributed by atoms with Crippen LogP contribution in [-0.2, 0) is 4.74 Å². The molecule has 4 nitrogen and oxygen atoms in total. The summed E-state index contributed by atoms with van der Waals surface area (Å²) in [7, 11) is 3.31. The van der Waals surface area contributed by atoms with Crippen LogP contribution in [0.4, 0.5) is 5.69 Å². The Morgan fingerprint density at radius 1 is 1.50 bits per heavy atom. The van der Waals surface area contributed by atoms with E-state index in [1.165, 1.54) is 0 Å². The Labute approximate surface area is 107 Å². The van der Waals surface area contributed by atoms with Crippen LogP contribution in [0.3, 0.4) is 0 Å². The minimum atomic E-state index is -0.0238. The first-order valence-electron chi connectivity index (χ1n) is 4.78. The predicted octanol–water partition coefficient (Wildman–Crippen LogP) is 2.05. The van der Waals surface area contributed by atoms with Gasteiger partial charge in [0.1, 0.15) is 0 Å². The third-order valence-electron chi connectivity index (χ3n) is 2.39. The van der Waals surface area contributed by atoms with Crippen LogP contribution in [0.1, 0.15) is 10.4 Å². The first-order chi connectivity index (χ1) is 7.61. The Bertz CT molecular complexity index is 471. The maximum absolute atomic E-state index is 12.0. The van der Waals surface area contributed by atoms with E-state index in [0.717, 1.165) is 3.57 Å². The van der Waals surface area contributed by atoms with Crippen LogP contribution in [0.2, 0.25) is 0 Å². The molecule has 1 heterocycles. The van der Waals surface area contributed by atoms with Crippen molar-refractivity contribution in [2.24, 2.45) is 4.99 Å². The molecule has 0 N–H and O–H groups in total. The lowest BCUT2D eigenvalue weighted by Gasteiger charge is -2.14. The average molecular weight is 330 g/mol. The van der Waals surface area contributed by atoms with Gasteiger partial charge < -0.3 is 9.64 Å². The summed E-state index contributed by atoms with van der Waals surface area (Å²) in [5, 5.41) is 0. The third kappa shape index (κ3) is 2.04. The molecule has 0 saturated carbocycles. The van der Waals surface area contributed by atoms with Crippen molar-refractivity contribution in [2.45, 2.75) is 0 Å². The van der Waals surface area contributed by atoms with Gasteiger partial charge in [0.2, 0.25) is 5.90 Å². The largest absolute Gasteiger partial charge is 0.483 e. The van der Waals surface area contributed by atoms with Gasteiger partial charge in [-0.3, -0.25) is 4.79 Å². The zero-order valence-electron chi connectivity index (χ0n) is 9.03. The van der Waals surface area contributed by atoms with Crippen LogP contribution in [0.25, 0.3) is 0 Å². The molecule has 1 aromatic rings. The van der Waals surface area contributed by atoms with Crippen LogP contribution in [0, 0.1) is 3.57 Å². The SMILES string of the molecule is COC1=Nc2ccc(I)cc2C(=O)N(C)C1. The van der Waals surface area contributed by atoms with Gasteiger partial charge in [-0.05, 0) is 40.8 Å². The van der Waals surface area contributed by atoms with E-state index < -0.39 is 0 Å². The van der Waals surface area contributed by atoms with E-state index in [-0.39, 0.29) is 5.91 Å². The Morgan fingerprint density at radius 2 is 2.25 bits per heavy atom. The second-order valence-electron chi connectivity index (χ2n) is 3.53. The van der Waals surface area contributed by atoms with Gasteiger partial charge in [-0.15, -0.1) is 0 Å². The van der Waals surface area contributed by atoms with Crippen molar-refractivity contribution in [3.63, 3.8) is 0 Å². The lowest BCUT2D eigenvalue weighted by molar-refractivity contribution is 0.0811. The molecular formula is C11H11IN2O2. The number of aliphatic imine (C=N–C) groups is 1. The van der Waals surface area contributed by atoms with Gasteiger partial charge in [0.25, 0.3) is 5.91 Å². The molecule has 0 unspecified atom stereocenters. The fraction of sp³-hybridized carbons (Fsp3) is 0.273. The van der Waals surface area contributed by atoms with Crippen molar-refractivity contribution in [2.75, 3.05) is 20.7 Å². The molecule has 0 fully saturated rings. The highest BCUT2D eigenvalue weighted by Crippen LogP contribution is 2.25. The van der Waals surface area contributed by atoms with Gasteiger partial charge in [-0.25, -0.2) is 4.99 Å². The number of likely N-dealkylation sites (N-methyl/N-ethyl adjacent to an activating group) is 1. The molecule has 16 heavy (non-hydrogen) atoms. The zero-order chi connectivity index (χ0) is 11.7. The van der Waals surface area contributed by atoms with Crippen molar-refractivity contribution in [1.82, 2.24) is 4.90 Å². The molecule has 1 aliphatic heterocycles. The van der Waals surface area contributed by atoms with Crippen LogP contribution in [0.15, 0.2) is 23.2 Å². The molecular weight excluding hydrogens is 319 g/mol. The lowest BCUT2D eigenvalue weighted by Crippen LogP contribution is -2.31. The number of hydrogen-bond donors (Lipinski definition) is 0. The summed E-state index contributed by atoms with van der Waals surface area (Å²) < 4.78 is 6.15. The molecule has 2 rings (SSSR count). The van der Waals surface area contributed by atoms with E-state index in [2.05, 4.69) is 27.6 Å². The third-order valence-corrected chi connectivity index (χ3v) is 3.06. The molecule has 0 saturated heterocycles. The second-order valence-corrected chi connectivity index (χ2v) is 4.78. The van der Waals surface area contributed by atoms with Crippen molar-refractivity contribution in [1.29, 1.82) is 0 Å². The minimum absolute atomic E-state index is 0.0238. The number of fused-ring (bicyclic) bond motifs is 1. The Morgan fingerprint density at radius 3 is 2.94 bits per heavy atom. The predicted molar refractivity (Wildman–Crippen MR) is 70.2 cm³/mol. The summed E-state index contributed by atoms with van der Waals surface area (Å²) in [6.07, 6.45) is 0. The molecule has 1 aromatic carbocycles. The minimum Gasteiger partial charge on any atom is -0.483 e. The Hall–Kier alpha value is -1.11. The number of ether oxygens (including phenoxy) is 1. The van der Waals surface area contributed by atoms with Gasteiger partial charge in [-0.1, -0.05) is 0 Å². The van der Waals surface area contributed by atoms with Crippen molar-refractivity contribution in [3.8, 4) is 0 Å². The molecule has 84 valence electrons. The number of nitrogens with zero attached hydrogens (tertiary/aromatic N) is 2. The maximum Gasteiger partial charge on any atom is 0.256 e. The van der Waals surface area contributed by atoms with E-state index in [0.29, 0.717) is 23.7 Å². The van der Waals surface area contributed by atoms with E-state index in [9.17, 15) is 4.79 Å². The summed E-state index contributed by atoms with van der Waals surface area (Å²) in [6, 6.07) is 5.61. The highest BCUT2D eigenvalue weighted by Gasteiger charge is 2.21. The maximum atomic E-state index is 12.0. The van der Waals surface area contributed by atoms with Crippen molar-refractivity contribution >= 4 is 40.1 Å². The monoisotopic (exact) mass is 330 g/mol. The van der Waals surface area contributed by atoms with Crippen LogP contribution in [0.5, 0.6) is 0 Å². The molecule has 0 atom stereocenters. The number of benzene rings is 1. The molecule has 0 bridgehead atoms. The van der Waals surface area contributed by atoms with Gasteiger partial charge in [0.15, 0.2) is 0 Å². The highest BCUT2D eigenvalue weighted by atomic mass is 127. The molecule has 1 amide bonds. The summed E-state index contributed by atoms with van der Waals surface area (Å²) in [4.78, 5) is 18.0. The normalized spacial score (nSPS) is 15.3. The zero-order valence-corrected chi connectivity index (χ0v) is 11.2.